The van der Waals surface area contributed by atoms with Gasteiger partial charge >= 0.3 is 6.36 Å². The summed E-state index contributed by atoms with van der Waals surface area (Å²) in [5.74, 6) is 1.17. The maximum Gasteiger partial charge on any atom is 0.573 e. The minimum atomic E-state index is -4.72. The van der Waals surface area contributed by atoms with Crippen molar-refractivity contribution in [2.24, 2.45) is 5.73 Å². The first-order valence-electron chi connectivity index (χ1n) is 10.2. The second-order valence-corrected chi connectivity index (χ2v) is 6.98. The smallest absolute Gasteiger partial charge is 0.406 e. The molecule has 0 unspecified atom stereocenters. The van der Waals surface area contributed by atoms with Crippen LogP contribution in [-0.2, 0) is 16.0 Å². The molecule has 2 aromatic rings. The van der Waals surface area contributed by atoms with Crippen molar-refractivity contribution in [1.29, 1.82) is 0 Å². The van der Waals surface area contributed by atoms with Crippen molar-refractivity contribution < 1.29 is 27.4 Å². The number of nitrogens with one attached hydrogen (secondary N) is 2. The van der Waals surface area contributed by atoms with Gasteiger partial charge in [-0.15, -0.1) is 13.2 Å². The Morgan fingerprint density at radius 3 is 2.12 bits per heavy atom. The van der Waals surface area contributed by atoms with Gasteiger partial charge in [-0.1, -0.05) is 26.0 Å². The lowest BCUT2D eigenvalue weighted by Gasteiger charge is -2.12. The van der Waals surface area contributed by atoms with E-state index in [-0.39, 0.29) is 11.7 Å². The fraction of sp³-hybridized carbons (Fsp3) is 0.550. The van der Waals surface area contributed by atoms with Gasteiger partial charge in [0.2, 0.25) is 11.9 Å². The van der Waals surface area contributed by atoms with Crippen LogP contribution in [0.1, 0.15) is 31.2 Å². The predicted octanol–water partition coefficient (Wildman–Crippen LogP) is 2.91. The Kier molecular flexibility index (Phi) is 10.4. The Labute approximate surface area is 184 Å². The molecule has 1 aromatic heterocycles. The maximum atomic E-state index is 12.3. The van der Waals surface area contributed by atoms with E-state index in [0.717, 1.165) is 5.56 Å². The standard InChI is InChI=1S/C20H29F3N6O3/c1-14(2)17-27-18(25-8-10-31-12-11-30-9-7-24)29-19(28-17)26-13-15-3-5-16(6-4-15)32-20(21,22)23/h3-6,14H,7-13,24H2,1-2H3,(H2,25,26,27,28,29). The van der Waals surface area contributed by atoms with Gasteiger partial charge in [0.05, 0.1) is 26.4 Å². The van der Waals surface area contributed by atoms with E-state index in [1.165, 1.54) is 24.3 Å². The van der Waals surface area contributed by atoms with Crippen LogP contribution in [0.25, 0.3) is 0 Å². The number of anilines is 2. The summed E-state index contributed by atoms with van der Waals surface area (Å²) in [5.41, 5.74) is 6.08. The van der Waals surface area contributed by atoms with E-state index in [1.54, 1.807) is 0 Å². The van der Waals surface area contributed by atoms with E-state index in [4.69, 9.17) is 15.2 Å². The molecular weight excluding hydrogens is 429 g/mol. The summed E-state index contributed by atoms with van der Waals surface area (Å²) in [7, 11) is 0. The normalized spacial score (nSPS) is 11.6. The number of rotatable bonds is 14. The average Bonchev–Trinajstić information content (AvgIpc) is 2.74. The molecule has 0 aliphatic carbocycles. The van der Waals surface area contributed by atoms with Gasteiger partial charge in [-0.05, 0) is 17.7 Å². The monoisotopic (exact) mass is 458 g/mol. The molecule has 2 rings (SSSR count). The van der Waals surface area contributed by atoms with Crippen LogP contribution >= 0.6 is 0 Å². The molecular formula is C20H29F3N6O3. The van der Waals surface area contributed by atoms with Crippen LogP contribution in [0.5, 0.6) is 5.75 Å². The van der Waals surface area contributed by atoms with Crippen molar-refractivity contribution >= 4 is 11.9 Å². The molecule has 0 saturated heterocycles. The fourth-order valence-corrected chi connectivity index (χ4v) is 2.44. The van der Waals surface area contributed by atoms with Gasteiger partial charge in [-0.25, -0.2) is 0 Å². The lowest BCUT2D eigenvalue weighted by molar-refractivity contribution is -0.274. The number of ether oxygens (including phenoxy) is 3. The third-order valence-electron chi connectivity index (χ3n) is 3.94. The van der Waals surface area contributed by atoms with Crippen LogP contribution in [0.15, 0.2) is 24.3 Å². The number of benzene rings is 1. The third kappa shape index (κ3) is 10.1. The molecule has 0 fully saturated rings. The Morgan fingerprint density at radius 2 is 1.53 bits per heavy atom. The topological polar surface area (TPSA) is 116 Å². The fourth-order valence-electron chi connectivity index (χ4n) is 2.44. The van der Waals surface area contributed by atoms with Gasteiger partial charge in [0.15, 0.2) is 0 Å². The molecule has 32 heavy (non-hydrogen) atoms. The largest absolute Gasteiger partial charge is 0.573 e. The summed E-state index contributed by atoms with van der Waals surface area (Å²) in [6.45, 7) is 7.13. The molecule has 12 heteroatoms. The number of nitrogens with two attached hydrogens (primary N) is 1. The molecule has 0 amide bonds. The summed E-state index contributed by atoms with van der Waals surface area (Å²) in [4.78, 5) is 13.1. The van der Waals surface area contributed by atoms with Crippen molar-refractivity contribution in [3.05, 3.63) is 35.7 Å². The van der Waals surface area contributed by atoms with Crippen molar-refractivity contribution in [3.63, 3.8) is 0 Å². The first-order valence-corrected chi connectivity index (χ1v) is 10.2. The maximum absolute atomic E-state index is 12.3. The van der Waals surface area contributed by atoms with Gasteiger partial charge < -0.3 is 30.6 Å². The lowest BCUT2D eigenvalue weighted by Crippen LogP contribution is -2.17. The third-order valence-corrected chi connectivity index (χ3v) is 3.94. The molecule has 0 radical (unpaired) electrons. The van der Waals surface area contributed by atoms with Gasteiger partial charge in [-0.3, -0.25) is 0 Å². The van der Waals surface area contributed by atoms with E-state index in [0.29, 0.717) is 63.8 Å². The van der Waals surface area contributed by atoms with E-state index in [2.05, 4.69) is 30.3 Å². The Morgan fingerprint density at radius 1 is 0.906 bits per heavy atom. The summed E-state index contributed by atoms with van der Waals surface area (Å²) in [5, 5.41) is 6.17. The second kappa shape index (κ2) is 13.0. The van der Waals surface area contributed by atoms with Crippen LogP contribution in [-0.4, -0.2) is 60.8 Å². The molecule has 0 aliphatic rings. The predicted molar refractivity (Wildman–Crippen MR) is 114 cm³/mol. The SMILES string of the molecule is CC(C)c1nc(NCCOCCOCCN)nc(NCc2ccc(OC(F)(F)F)cc2)n1. The summed E-state index contributed by atoms with van der Waals surface area (Å²) in [6, 6.07) is 5.58. The molecule has 9 nitrogen and oxygen atoms in total. The minimum Gasteiger partial charge on any atom is -0.406 e. The highest BCUT2D eigenvalue weighted by Gasteiger charge is 2.30. The van der Waals surface area contributed by atoms with Gasteiger partial charge in [0, 0.05) is 25.6 Å². The lowest BCUT2D eigenvalue weighted by atomic mass is 10.2. The van der Waals surface area contributed by atoms with Crippen LogP contribution in [0, 0.1) is 0 Å². The molecule has 0 saturated carbocycles. The zero-order valence-electron chi connectivity index (χ0n) is 18.1. The number of hydrogen-bond donors (Lipinski definition) is 3. The molecule has 0 bridgehead atoms. The van der Waals surface area contributed by atoms with Crippen LogP contribution in [0.2, 0.25) is 0 Å². The number of hydrogen-bond acceptors (Lipinski definition) is 9. The van der Waals surface area contributed by atoms with Crippen molar-refractivity contribution in [1.82, 2.24) is 15.0 Å². The Bertz CT molecular complexity index is 806. The molecule has 0 aliphatic heterocycles. The number of alkyl halides is 3. The minimum absolute atomic E-state index is 0.0776. The van der Waals surface area contributed by atoms with Gasteiger partial charge in [0.25, 0.3) is 0 Å². The van der Waals surface area contributed by atoms with Gasteiger partial charge in [0.1, 0.15) is 11.6 Å². The van der Waals surface area contributed by atoms with E-state index in [9.17, 15) is 13.2 Å². The Hall–Kier alpha value is -2.70. The molecule has 178 valence electrons. The molecule has 4 N–H and O–H groups in total. The summed E-state index contributed by atoms with van der Waals surface area (Å²) in [6.07, 6.45) is -4.72. The highest BCUT2D eigenvalue weighted by atomic mass is 19.4. The molecule has 1 aromatic carbocycles. The van der Waals surface area contributed by atoms with E-state index < -0.39 is 6.36 Å². The van der Waals surface area contributed by atoms with Crippen LogP contribution in [0.3, 0.4) is 0 Å². The van der Waals surface area contributed by atoms with Crippen molar-refractivity contribution in [3.8, 4) is 5.75 Å². The zero-order valence-corrected chi connectivity index (χ0v) is 18.1. The molecule has 0 atom stereocenters. The highest BCUT2D eigenvalue weighted by Crippen LogP contribution is 2.23. The number of halogens is 3. The van der Waals surface area contributed by atoms with Crippen molar-refractivity contribution in [2.75, 3.05) is 50.2 Å². The first-order chi connectivity index (χ1) is 15.3. The van der Waals surface area contributed by atoms with E-state index >= 15 is 0 Å². The number of aromatic nitrogens is 3. The zero-order chi connectivity index (χ0) is 23.4. The first kappa shape index (κ1) is 25.6. The molecule has 0 spiro atoms. The van der Waals surface area contributed by atoms with E-state index in [1.807, 2.05) is 13.8 Å². The molecule has 1 heterocycles. The number of nitrogens with zero attached hydrogens (tertiary/aromatic N) is 3. The van der Waals surface area contributed by atoms with Crippen LogP contribution < -0.4 is 21.1 Å². The quantitative estimate of drug-likeness (QED) is 0.367. The van der Waals surface area contributed by atoms with Gasteiger partial charge in [-0.2, -0.15) is 15.0 Å². The summed E-state index contributed by atoms with van der Waals surface area (Å²) < 4.78 is 51.4. The average molecular weight is 458 g/mol. The van der Waals surface area contributed by atoms with Crippen LogP contribution in [0.4, 0.5) is 25.1 Å². The highest BCUT2D eigenvalue weighted by molar-refractivity contribution is 5.36. The second-order valence-electron chi connectivity index (χ2n) is 6.98. The Balaban J connectivity index is 1.87. The van der Waals surface area contributed by atoms with Crippen molar-refractivity contribution in [2.45, 2.75) is 32.7 Å². The summed E-state index contributed by atoms with van der Waals surface area (Å²) >= 11 is 0.